The Hall–Kier alpha value is -1.07. The molecule has 0 bridgehead atoms. The topological polar surface area (TPSA) is 131 Å². The lowest BCUT2D eigenvalue weighted by Gasteiger charge is -2.34. The van der Waals surface area contributed by atoms with Crippen molar-refractivity contribution in [1.29, 1.82) is 0 Å². The molecule has 7 nitrogen and oxygen atoms in total. The summed E-state index contributed by atoms with van der Waals surface area (Å²) in [5, 5.41) is -14.2. The normalized spacial score (nSPS) is 16.4. The van der Waals surface area contributed by atoms with Crippen LogP contribution in [0.2, 0.25) is 0 Å². The van der Waals surface area contributed by atoms with E-state index in [2.05, 4.69) is 54.1 Å². The van der Waals surface area contributed by atoms with Crippen molar-refractivity contribution in [2.24, 2.45) is 0 Å². The van der Waals surface area contributed by atoms with Crippen molar-refractivity contribution in [2.45, 2.75) is 97.6 Å². The summed E-state index contributed by atoms with van der Waals surface area (Å²) in [6.07, 6.45) is -9.90. The summed E-state index contributed by atoms with van der Waals surface area (Å²) < 4.78 is 271. The highest BCUT2D eigenvalue weighted by molar-refractivity contribution is 7.99. The molecule has 0 amide bonds. The molecule has 0 aromatic rings. The quantitative estimate of drug-likeness (QED) is 0.138. The molecule has 29 heteroatoms. The standard InChI is InChI=1S/C13H28OS2.2C4HF9O3S/c1-12(2,3)15(7)9-11(14)10-16(8)13(4,5)6;2*5-1(6,3(9,10)11)2(7,8)4(12,13)17(14,15)16/h9-10H2,1-8H3;2*(H,14,15,16)/q+2;;/p-2. The first-order valence-electron chi connectivity index (χ1n) is 12.0. The summed E-state index contributed by atoms with van der Waals surface area (Å²) in [6, 6.07) is 0. The number of hydrogen-bond acceptors (Lipinski definition) is 7. The third-order valence-corrected chi connectivity index (χ3v) is 13.2. The first-order valence-corrected chi connectivity index (χ1v) is 18.4. The van der Waals surface area contributed by atoms with Gasteiger partial charge in [-0.05, 0) is 63.3 Å². The molecule has 0 saturated carbocycles. The van der Waals surface area contributed by atoms with Gasteiger partial charge in [0.2, 0.25) is 5.78 Å². The molecule has 0 aliphatic rings. The summed E-state index contributed by atoms with van der Waals surface area (Å²) >= 11 is 0. The first-order chi connectivity index (χ1) is 20.9. The largest absolute Gasteiger partial charge is 0.743 e. The highest BCUT2D eigenvalue weighted by Gasteiger charge is 2.85. The predicted molar refractivity (Wildman–Crippen MR) is 142 cm³/mol. The molecule has 0 heterocycles. The van der Waals surface area contributed by atoms with Crippen LogP contribution in [0.15, 0.2) is 0 Å². The van der Waals surface area contributed by atoms with Crippen LogP contribution >= 0.6 is 0 Å². The molecular weight excluding hydrogens is 834 g/mol. The predicted octanol–water partition coefficient (Wildman–Crippen LogP) is 6.56. The van der Waals surface area contributed by atoms with Gasteiger partial charge in [-0.3, -0.25) is 4.79 Å². The van der Waals surface area contributed by atoms with E-state index < -0.39 is 66.8 Å². The van der Waals surface area contributed by atoms with Gasteiger partial charge in [-0.15, -0.1) is 0 Å². The smallest absolute Gasteiger partial charge is 0.460 e. The van der Waals surface area contributed by atoms with Crippen molar-refractivity contribution < 1.29 is 110 Å². The second-order valence-electron chi connectivity index (χ2n) is 11.6. The molecule has 50 heavy (non-hydrogen) atoms. The van der Waals surface area contributed by atoms with Crippen molar-refractivity contribution >= 4 is 47.8 Å². The minimum atomic E-state index is -7.43. The van der Waals surface area contributed by atoms with Crippen LogP contribution in [0.5, 0.6) is 0 Å². The van der Waals surface area contributed by atoms with Crippen molar-refractivity contribution in [1.82, 2.24) is 0 Å². The Morgan fingerprint density at radius 3 is 0.760 bits per heavy atom. The SMILES string of the molecule is C[S+](CC(=O)C[S+](C)C(C)(C)C)C(C)(C)C.O=S(=O)([O-])C(F)(F)C(F)(F)C(F)(F)C(F)(F)F.O=S(=O)([O-])C(F)(F)C(F)(F)C(F)(F)C(F)(F)F. The monoisotopic (exact) mass is 862 g/mol. The maximum Gasteiger partial charge on any atom is 0.460 e. The molecule has 0 rings (SSSR count). The number of alkyl halides is 18. The van der Waals surface area contributed by atoms with Crippen LogP contribution in [0.4, 0.5) is 79.0 Å². The van der Waals surface area contributed by atoms with E-state index in [1.807, 2.05) is 0 Å². The Morgan fingerprint density at radius 2 is 0.640 bits per heavy atom. The Kier molecular flexibility index (Phi) is 16.8. The minimum Gasteiger partial charge on any atom is -0.743 e. The zero-order valence-electron chi connectivity index (χ0n) is 26.2. The van der Waals surface area contributed by atoms with E-state index >= 15 is 0 Å². The molecule has 0 saturated heterocycles. The van der Waals surface area contributed by atoms with Gasteiger partial charge in [-0.2, -0.15) is 79.0 Å². The van der Waals surface area contributed by atoms with E-state index in [-0.39, 0.29) is 31.3 Å². The van der Waals surface area contributed by atoms with Crippen LogP contribution in [0.1, 0.15) is 41.5 Å². The van der Waals surface area contributed by atoms with Gasteiger partial charge in [0.15, 0.2) is 31.7 Å². The summed E-state index contributed by atoms with van der Waals surface area (Å²) in [5.41, 5.74) is 0. The van der Waals surface area contributed by atoms with Gasteiger partial charge in [0.05, 0.1) is 12.5 Å². The van der Waals surface area contributed by atoms with Crippen molar-refractivity contribution in [3.05, 3.63) is 0 Å². The fourth-order valence-electron chi connectivity index (χ4n) is 1.99. The summed E-state index contributed by atoms with van der Waals surface area (Å²) in [7, 11) is -14.4. The Bertz CT molecular complexity index is 1260. The van der Waals surface area contributed by atoms with Gasteiger partial charge in [0.25, 0.3) is 0 Å². The van der Waals surface area contributed by atoms with Crippen LogP contribution in [-0.4, -0.2) is 112 Å². The third-order valence-electron chi connectivity index (χ3n) is 5.71. The van der Waals surface area contributed by atoms with E-state index in [9.17, 15) is 110 Å². The highest BCUT2D eigenvalue weighted by atomic mass is 32.2. The molecule has 0 aromatic carbocycles. The molecule has 0 aliphatic heterocycles. The average Bonchev–Trinajstić information content (AvgIpc) is 2.80. The molecule has 2 atom stereocenters. The molecule has 0 N–H and O–H groups in total. The maximum atomic E-state index is 12.2. The lowest BCUT2D eigenvalue weighted by Crippen LogP contribution is -2.63. The van der Waals surface area contributed by atoms with E-state index in [4.69, 9.17) is 0 Å². The fourth-order valence-corrected chi connectivity index (χ4v) is 5.04. The van der Waals surface area contributed by atoms with Crippen molar-refractivity contribution in [3.63, 3.8) is 0 Å². The molecule has 0 spiro atoms. The Labute approximate surface area is 279 Å². The van der Waals surface area contributed by atoms with Gasteiger partial charge in [-0.1, -0.05) is 0 Å². The van der Waals surface area contributed by atoms with Crippen LogP contribution in [0.3, 0.4) is 0 Å². The van der Waals surface area contributed by atoms with Crippen molar-refractivity contribution in [3.8, 4) is 0 Å². The maximum absolute atomic E-state index is 12.2. The Balaban J connectivity index is -0.000000663. The van der Waals surface area contributed by atoms with Crippen LogP contribution < -0.4 is 0 Å². The molecule has 0 aliphatic carbocycles. The van der Waals surface area contributed by atoms with Crippen LogP contribution in [0, 0.1) is 0 Å². The third kappa shape index (κ3) is 12.0. The summed E-state index contributed by atoms with van der Waals surface area (Å²) in [6.45, 7) is 13.3. The highest BCUT2D eigenvalue weighted by Crippen LogP contribution is 2.55. The van der Waals surface area contributed by atoms with E-state index in [1.54, 1.807) is 0 Å². The number of carbonyl (C=O) groups is 1. The number of Topliss-reactive ketones (excluding diaryl/α,β-unsaturated/α-hetero) is 1. The number of rotatable bonds is 10. The molecule has 0 fully saturated rings. The molecular formula is C21H28F18O7S4. The van der Waals surface area contributed by atoms with Gasteiger partial charge >= 0.3 is 46.6 Å². The number of hydrogen-bond donors (Lipinski definition) is 0. The molecule has 0 aromatic heterocycles. The van der Waals surface area contributed by atoms with Gasteiger partial charge < -0.3 is 9.11 Å². The zero-order valence-corrected chi connectivity index (χ0v) is 29.5. The van der Waals surface area contributed by atoms with E-state index in [0.717, 1.165) is 11.5 Å². The lowest BCUT2D eigenvalue weighted by atomic mass is 10.1. The van der Waals surface area contributed by atoms with Crippen LogP contribution in [-0.2, 0) is 46.8 Å². The summed E-state index contributed by atoms with van der Waals surface area (Å²) in [5.74, 6) is -27.7. The lowest BCUT2D eigenvalue weighted by molar-refractivity contribution is -0.382. The molecule has 2 unspecified atom stereocenters. The van der Waals surface area contributed by atoms with Gasteiger partial charge in [0, 0.05) is 0 Å². The second-order valence-corrected chi connectivity index (χ2v) is 20.0. The van der Waals surface area contributed by atoms with Crippen molar-refractivity contribution in [2.75, 3.05) is 24.0 Å². The first kappa shape index (κ1) is 53.3. The number of carbonyl (C=O) groups excluding carboxylic acids is 1. The summed E-state index contributed by atoms with van der Waals surface area (Å²) in [4.78, 5) is 12.0. The minimum absolute atomic E-state index is 0.194. The average molecular weight is 863 g/mol. The van der Waals surface area contributed by atoms with Gasteiger partial charge in [0.1, 0.15) is 9.49 Å². The fraction of sp³-hybridized carbons (Fsp3) is 0.952. The Morgan fingerprint density at radius 1 is 0.460 bits per heavy atom. The van der Waals surface area contributed by atoms with Crippen LogP contribution in [0.25, 0.3) is 0 Å². The van der Waals surface area contributed by atoms with E-state index in [1.165, 1.54) is 0 Å². The number of halogens is 18. The number of ketones is 1. The zero-order chi connectivity index (χ0) is 42.1. The second kappa shape index (κ2) is 15.7. The van der Waals surface area contributed by atoms with E-state index in [0.29, 0.717) is 5.78 Å². The van der Waals surface area contributed by atoms with Gasteiger partial charge in [-0.25, -0.2) is 16.8 Å². The molecule has 304 valence electrons. The molecule has 0 radical (unpaired) electrons.